The highest BCUT2D eigenvalue weighted by Gasteiger charge is 2.31. The third-order valence-electron chi connectivity index (χ3n) is 4.20. The summed E-state index contributed by atoms with van der Waals surface area (Å²) < 4.78 is 40.3. The number of rotatable bonds is 5. The van der Waals surface area contributed by atoms with Gasteiger partial charge in [-0.25, -0.2) is 4.68 Å². The van der Waals surface area contributed by atoms with Gasteiger partial charge in [0.2, 0.25) is 0 Å². The second-order valence-electron chi connectivity index (χ2n) is 6.03. The van der Waals surface area contributed by atoms with Crippen LogP contribution < -0.4 is 4.90 Å². The third kappa shape index (κ3) is 4.39. The highest BCUT2D eigenvalue weighted by atomic mass is 19.4. The largest absolute Gasteiger partial charge is 0.416 e. The number of benzene rings is 1. The average Bonchev–Trinajstić information content (AvgIpc) is 3.02. The van der Waals surface area contributed by atoms with Crippen LogP contribution in [-0.2, 0) is 19.3 Å². The van der Waals surface area contributed by atoms with Gasteiger partial charge >= 0.3 is 6.18 Å². The standard InChI is InChI=1S/C17H20F3N5/c1-2-6-25-13-15(21-22-25)12-23-7-9-24(10-8-23)16-5-3-4-14(11-16)17(18,19)20/h2-5,11,13H,1,6-10,12H2. The Morgan fingerprint density at radius 1 is 1.16 bits per heavy atom. The fourth-order valence-electron chi connectivity index (χ4n) is 2.90. The minimum absolute atomic E-state index is 0.605. The smallest absolute Gasteiger partial charge is 0.369 e. The maximum atomic E-state index is 12.8. The summed E-state index contributed by atoms with van der Waals surface area (Å²) in [6.07, 6.45) is -0.664. The van der Waals surface area contributed by atoms with Crippen molar-refractivity contribution >= 4 is 5.69 Å². The van der Waals surface area contributed by atoms with Crippen molar-refractivity contribution in [1.82, 2.24) is 19.9 Å². The van der Waals surface area contributed by atoms with Gasteiger partial charge in [-0.1, -0.05) is 17.4 Å². The van der Waals surface area contributed by atoms with Crippen molar-refractivity contribution in [3.8, 4) is 0 Å². The summed E-state index contributed by atoms with van der Waals surface area (Å²) in [7, 11) is 0. The lowest BCUT2D eigenvalue weighted by Gasteiger charge is -2.35. The normalized spacial score (nSPS) is 16.2. The zero-order valence-electron chi connectivity index (χ0n) is 13.8. The van der Waals surface area contributed by atoms with E-state index in [9.17, 15) is 13.2 Å². The van der Waals surface area contributed by atoms with Gasteiger partial charge in [0.25, 0.3) is 0 Å². The molecule has 0 saturated carbocycles. The number of allylic oxidation sites excluding steroid dienone is 1. The Morgan fingerprint density at radius 3 is 2.60 bits per heavy atom. The molecule has 0 bridgehead atoms. The van der Waals surface area contributed by atoms with Gasteiger partial charge < -0.3 is 4.90 Å². The molecule has 0 amide bonds. The fraction of sp³-hybridized carbons (Fsp3) is 0.412. The van der Waals surface area contributed by atoms with E-state index < -0.39 is 11.7 Å². The molecule has 1 aliphatic heterocycles. The van der Waals surface area contributed by atoms with E-state index in [0.29, 0.717) is 31.9 Å². The molecule has 25 heavy (non-hydrogen) atoms. The Labute approximate surface area is 144 Å². The molecule has 0 aliphatic carbocycles. The van der Waals surface area contributed by atoms with Crippen LogP contribution in [0.25, 0.3) is 0 Å². The van der Waals surface area contributed by atoms with E-state index in [4.69, 9.17) is 0 Å². The van der Waals surface area contributed by atoms with Crippen LogP contribution in [0, 0.1) is 0 Å². The maximum Gasteiger partial charge on any atom is 0.416 e. The Hall–Kier alpha value is -2.35. The molecule has 134 valence electrons. The zero-order valence-corrected chi connectivity index (χ0v) is 13.8. The lowest BCUT2D eigenvalue weighted by atomic mass is 10.1. The van der Waals surface area contributed by atoms with Crippen LogP contribution in [-0.4, -0.2) is 46.1 Å². The molecule has 3 rings (SSSR count). The molecule has 1 aliphatic rings. The molecule has 2 heterocycles. The summed E-state index contributed by atoms with van der Waals surface area (Å²) in [6.45, 7) is 7.88. The van der Waals surface area contributed by atoms with Crippen LogP contribution in [0.15, 0.2) is 43.1 Å². The number of alkyl halides is 3. The molecule has 1 saturated heterocycles. The number of piperazine rings is 1. The second-order valence-corrected chi connectivity index (χ2v) is 6.03. The van der Waals surface area contributed by atoms with Crippen LogP contribution in [0.3, 0.4) is 0 Å². The molecule has 0 N–H and O–H groups in total. The van der Waals surface area contributed by atoms with Crippen molar-refractivity contribution in [2.24, 2.45) is 0 Å². The molecular weight excluding hydrogens is 331 g/mol. The van der Waals surface area contributed by atoms with E-state index in [0.717, 1.165) is 24.8 Å². The van der Waals surface area contributed by atoms with Gasteiger partial charge in [0, 0.05) is 38.4 Å². The first-order chi connectivity index (χ1) is 12.0. The van der Waals surface area contributed by atoms with Gasteiger partial charge in [-0.15, -0.1) is 11.7 Å². The van der Waals surface area contributed by atoms with Crippen molar-refractivity contribution in [1.29, 1.82) is 0 Å². The fourth-order valence-corrected chi connectivity index (χ4v) is 2.90. The second kappa shape index (κ2) is 7.26. The first-order valence-corrected chi connectivity index (χ1v) is 8.10. The highest BCUT2D eigenvalue weighted by Crippen LogP contribution is 2.31. The lowest BCUT2D eigenvalue weighted by molar-refractivity contribution is -0.137. The molecule has 1 aromatic carbocycles. The van der Waals surface area contributed by atoms with E-state index in [2.05, 4.69) is 21.8 Å². The minimum atomic E-state index is -4.31. The minimum Gasteiger partial charge on any atom is -0.369 e. The number of aromatic nitrogens is 3. The summed E-state index contributed by atoms with van der Waals surface area (Å²) in [5.41, 5.74) is 0.895. The molecule has 0 radical (unpaired) electrons. The maximum absolute atomic E-state index is 12.8. The lowest BCUT2D eigenvalue weighted by Crippen LogP contribution is -2.46. The first kappa shape index (κ1) is 17.5. The summed E-state index contributed by atoms with van der Waals surface area (Å²) in [4.78, 5) is 4.21. The number of hydrogen-bond donors (Lipinski definition) is 0. The number of hydrogen-bond acceptors (Lipinski definition) is 4. The monoisotopic (exact) mass is 351 g/mol. The van der Waals surface area contributed by atoms with E-state index in [1.165, 1.54) is 12.1 Å². The average molecular weight is 351 g/mol. The van der Waals surface area contributed by atoms with E-state index >= 15 is 0 Å². The van der Waals surface area contributed by atoms with Crippen molar-refractivity contribution in [3.05, 3.63) is 54.4 Å². The van der Waals surface area contributed by atoms with Gasteiger partial charge in [-0.05, 0) is 18.2 Å². The Balaban J connectivity index is 1.57. The van der Waals surface area contributed by atoms with Crippen molar-refractivity contribution in [2.45, 2.75) is 19.3 Å². The SMILES string of the molecule is C=CCn1cc(CN2CCN(c3cccc(C(F)(F)F)c3)CC2)nn1. The molecule has 2 aromatic rings. The molecule has 8 heteroatoms. The Bertz CT molecular complexity index is 717. The van der Waals surface area contributed by atoms with Gasteiger partial charge in [0.15, 0.2) is 0 Å². The molecule has 1 aromatic heterocycles. The Morgan fingerprint density at radius 2 is 1.92 bits per heavy atom. The van der Waals surface area contributed by atoms with Crippen molar-refractivity contribution in [2.75, 3.05) is 31.1 Å². The van der Waals surface area contributed by atoms with Gasteiger partial charge in [-0.2, -0.15) is 13.2 Å². The summed E-state index contributed by atoms with van der Waals surface area (Å²) in [5.74, 6) is 0. The molecule has 5 nitrogen and oxygen atoms in total. The van der Waals surface area contributed by atoms with Crippen LogP contribution in [0.2, 0.25) is 0 Å². The van der Waals surface area contributed by atoms with Gasteiger partial charge in [0.05, 0.1) is 24.0 Å². The predicted octanol–water partition coefficient (Wildman–Crippen LogP) is 2.81. The highest BCUT2D eigenvalue weighted by molar-refractivity contribution is 5.49. The van der Waals surface area contributed by atoms with Crippen LogP contribution in [0.5, 0.6) is 0 Å². The van der Waals surface area contributed by atoms with Crippen LogP contribution >= 0.6 is 0 Å². The van der Waals surface area contributed by atoms with E-state index in [1.807, 2.05) is 11.1 Å². The van der Waals surface area contributed by atoms with Crippen molar-refractivity contribution in [3.63, 3.8) is 0 Å². The predicted molar refractivity (Wildman–Crippen MR) is 89.2 cm³/mol. The van der Waals surface area contributed by atoms with Gasteiger partial charge in [0.1, 0.15) is 0 Å². The summed E-state index contributed by atoms with van der Waals surface area (Å²) in [5, 5.41) is 8.15. The topological polar surface area (TPSA) is 37.2 Å². The molecule has 1 fully saturated rings. The van der Waals surface area contributed by atoms with E-state index in [1.54, 1.807) is 16.8 Å². The quantitative estimate of drug-likeness (QED) is 0.777. The number of anilines is 1. The Kier molecular flexibility index (Phi) is 5.08. The summed E-state index contributed by atoms with van der Waals surface area (Å²) in [6, 6.07) is 5.51. The van der Waals surface area contributed by atoms with E-state index in [-0.39, 0.29) is 0 Å². The molecule has 0 spiro atoms. The number of nitrogens with zero attached hydrogens (tertiary/aromatic N) is 5. The molecule has 0 unspecified atom stereocenters. The van der Waals surface area contributed by atoms with Gasteiger partial charge in [-0.3, -0.25) is 4.90 Å². The number of halogens is 3. The molecular formula is C17H20F3N5. The van der Waals surface area contributed by atoms with Crippen LogP contribution in [0.4, 0.5) is 18.9 Å². The third-order valence-corrected chi connectivity index (χ3v) is 4.20. The van der Waals surface area contributed by atoms with Crippen LogP contribution in [0.1, 0.15) is 11.3 Å². The van der Waals surface area contributed by atoms with Crippen molar-refractivity contribution < 1.29 is 13.2 Å². The first-order valence-electron chi connectivity index (χ1n) is 8.10. The molecule has 0 atom stereocenters. The summed E-state index contributed by atoms with van der Waals surface area (Å²) >= 11 is 0. The zero-order chi connectivity index (χ0) is 17.9.